The Morgan fingerprint density at radius 3 is 2.67 bits per heavy atom. The molecule has 2 rings (SSSR count). The summed E-state index contributed by atoms with van der Waals surface area (Å²) in [6.07, 6.45) is 2.59. The third-order valence-corrected chi connectivity index (χ3v) is 4.32. The fourth-order valence-corrected chi connectivity index (χ4v) is 2.87. The Morgan fingerprint density at radius 2 is 2.00 bits per heavy atom. The van der Waals surface area contributed by atoms with Gasteiger partial charge in [-0.1, -0.05) is 18.2 Å². The first-order valence-electron chi connectivity index (χ1n) is 8.03. The van der Waals surface area contributed by atoms with Crippen molar-refractivity contribution in [3.05, 3.63) is 30.3 Å². The quantitative estimate of drug-likeness (QED) is 0.760. The molecule has 1 heterocycles. The van der Waals surface area contributed by atoms with E-state index < -0.39 is 6.04 Å². The number of rotatable bonds is 8. The van der Waals surface area contributed by atoms with Crippen LogP contribution in [0.15, 0.2) is 30.3 Å². The van der Waals surface area contributed by atoms with Crippen molar-refractivity contribution in [1.29, 1.82) is 0 Å². The van der Waals surface area contributed by atoms with E-state index in [4.69, 9.17) is 9.47 Å². The lowest BCUT2D eigenvalue weighted by molar-refractivity contribution is -0.140. The predicted octanol–water partition coefficient (Wildman–Crippen LogP) is 1.16. The van der Waals surface area contributed by atoms with Crippen molar-refractivity contribution in [3.8, 4) is 5.75 Å². The van der Waals surface area contributed by atoms with Crippen molar-refractivity contribution in [2.24, 2.45) is 0 Å². The van der Waals surface area contributed by atoms with Gasteiger partial charge in [0.05, 0.1) is 13.2 Å². The van der Waals surface area contributed by atoms with Gasteiger partial charge in [0.15, 0.2) is 6.61 Å². The minimum atomic E-state index is -0.512. The molecular formula is C17H24N2O4S. The Bertz CT molecular complexity index is 521. The van der Waals surface area contributed by atoms with Crippen LogP contribution < -0.4 is 10.1 Å². The number of amides is 2. The van der Waals surface area contributed by atoms with Crippen LogP contribution >= 0.6 is 11.8 Å². The number of para-hydroxylation sites is 1. The van der Waals surface area contributed by atoms with E-state index in [0.29, 0.717) is 38.5 Å². The number of thioether (sulfide) groups is 1. The maximum atomic E-state index is 12.6. The average molecular weight is 352 g/mol. The van der Waals surface area contributed by atoms with Crippen LogP contribution in [0.25, 0.3) is 0 Å². The zero-order valence-electron chi connectivity index (χ0n) is 13.9. The first kappa shape index (κ1) is 18.6. The summed E-state index contributed by atoms with van der Waals surface area (Å²) < 4.78 is 10.7. The van der Waals surface area contributed by atoms with Crippen LogP contribution in [0.4, 0.5) is 0 Å². The van der Waals surface area contributed by atoms with Gasteiger partial charge in [0, 0.05) is 13.1 Å². The molecular weight excluding hydrogens is 328 g/mol. The van der Waals surface area contributed by atoms with Crippen molar-refractivity contribution >= 4 is 23.6 Å². The lowest BCUT2D eigenvalue weighted by Crippen LogP contribution is -2.52. The van der Waals surface area contributed by atoms with Crippen LogP contribution in [0, 0.1) is 0 Å². The molecule has 1 aromatic rings. The van der Waals surface area contributed by atoms with Crippen LogP contribution in [-0.4, -0.2) is 67.7 Å². The maximum absolute atomic E-state index is 12.6. The number of morpholine rings is 1. The highest BCUT2D eigenvalue weighted by atomic mass is 32.2. The fourth-order valence-electron chi connectivity index (χ4n) is 2.40. The fraction of sp³-hybridized carbons (Fsp3) is 0.529. The Balaban J connectivity index is 1.86. The van der Waals surface area contributed by atoms with Crippen LogP contribution in [-0.2, 0) is 14.3 Å². The van der Waals surface area contributed by atoms with Crippen molar-refractivity contribution in [2.75, 3.05) is 44.9 Å². The van der Waals surface area contributed by atoms with Crippen molar-refractivity contribution in [3.63, 3.8) is 0 Å². The lowest BCUT2D eigenvalue weighted by Gasteiger charge is -2.30. The van der Waals surface area contributed by atoms with Crippen molar-refractivity contribution in [2.45, 2.75) is 12.5 Å². The average Bonchev–Trinajstić information content (AvgIpc) is 2.64. The van der Waals surface area contributed by atoms with Gasteiger partial charge in [-0.2, -0.15) is 11.8 Å². The van der Waals surface area contributed by atoms with Crippen LogP contribution in [0.1, 0.15) is 6.42 Å². The van der Waals surface area contributed by atoms with E-state index >= 15 is 0 Å². The van der Waals surface area contributed by atoms with Gasteiger partial charge < -0.3 is 19.7 Å². The highest BCUT2D eigenvalue weighted by Gasteiger charge is 2.26. The molecule has 24 heavy (non-hydrogen) atoms. The monoisotopic (exact) mass is 352 g/mol. The smallest absolute Gasteiger partial charge is 0.258 e. The molecule has 1 N–H and O–H groups in total. The maximum Gasteiger partial charge on any atom is 0.258 e. The molecule has 0 bridgehead atoms. The van der Waals surface area contributed by atoms with E-state index in [1.165, 1.54) is 0 Å². The highest BCUT2D eigenvalue weighted by Crippen LogP contribution is 2.09. The molecule has 0 aliphatic carbocycles. The SMILES string of the molecule is CSCC[C@@H](NC(=O)COc1ccccc1)C(=O)N1CCOCC1. The number of nitrogens with zero attached hydrogens (tertiary/aromatic N) is 1. The van der Waals surface area contributed by atoms with Crippen LogP contribution in [0.2, 0.25) is 0 Å². The Labute approximate surface area is 146 Å². The summed E-state index contributed by atoms with van der Waals surface area (Å²) in [6, 6.07) is 8.64. The molecule has 1 aliphatic rings. The molecule has 0 saturated carbocycles. The van der Waals surface area contributed by atoms with Gasteiger partial charge >= 0.3 is 0 Å². The van der Waals surface area contributed by atoms with E-state index in [9.17, 15) is 9.59 Å². The molecule has 6 nitrogen and oxygen atoms in total. The van der Waals surface area contributed by atoms with Crippen LogP contribution in [0.5, 0.6) is 5.75 Å². The van der Waals surface area contributed by atoms with Gasteiger partial charge in [0.2, 0.25) is 5.91 Å². The second kappa shape index (κ2) is 10.2. The molecule has 1 aromatic carbocycles. The normalized spacial score (nSPS) is 15.6. The third-order valence-electron chi connectivity index (χ3n) is 3.68. The first-order chi connectivity index (χ1) is 11.7. The van der Waals surface area contributed by atoms with E-state index in [1.807, 2.05) is 24.5 Å². The molecule has 1 fully saturated rings. The Kier molecular flexibility index (Phi) is 7.91. The molecule has 132 valence electrons. The molecule has 0 aromatic heterocycles. The zero-order valence-corrected chi connectivity index (χ0v) is 14.7. The zero-order chi connectivity index (χ0) is 17.2. The summed E-state index contributed by atoms with van der Waals surface area (Å²) in [5.41, 5.74) is 0. The molecule has 7 heteroatoms. The minimum Gasteiger partial charge on any atom is -0.484 e. The van der Waals surface area contributed by atoms with E-state index in [2.05, 4.69) is 5.32 Å². The Hall–Kier alpha value is -1.73. The summed E-state index contributed by atoms with van der Waals surface area (Å²) in [4.78, 5) is 26.5. The number of carbonyl (C=O) groups is 2. The summed E-state index contributed by atoms with van der Waals surface area (Å²) in [5.74, 6) is 1.11. The second-order valence-corrected chi connectivity index (χ2v) is 6.43. The topological polar surface area (TPSA) is 67.9 Å². The van der Waals surface area contributed by atoms with E-state index in [-0.39, 0.29) is 18.4 Å². The van der Waals surface area contributed by atoms with E-state index in [1.54, 1.807) is 28.8 Å². The second-order valence-electron chi connectivity index (χ2n) is 5.44. The van der Waals surface area contributed by atoms with Gasteiger partial charge in [-0.25, -0.2) is 0 Å². The molecule has 1 atom stereocenters. The number of hydrogen-bond acceptors (Lipinski definition) is 5. The first-order valence-corrected chi connectivity index (χ1v) is 9.43. The molecule has 0 radical (unpaired) electrons. The molecule has 1 saturated heterocycles. The highest BCUT2D eigenvalue weighted by molar-refractivity contribution is 7.98. The van der Waals surface area contributed by atoms with Gasteiger partial charge in [-0.05, 0) is 30.6 Å². The molecule has 1 aliphatic heterocycles. The lowest BCUT2D eigenvalue weighted by atomic mass is 10.2. The third kappa shape index (κ3) is 6.05. The summed E-state index contributed by atoms with van der Waals surface area (Å²) in [7, 11) is 0. The molecule has 0 unspecified atom stereocenters. The van der Waals surface area contributed by atoms with E-state index in [0.717, 1.165) is 5.75 Å². The van der Waals surface area contributed by atoms with Crippen molar-refractivity contribution in [1.82, 2.24) is 10.2 Å². The predicted molar refractivity (Wildman–Crippen MR) is 94.3 cm³/mol. The summed E-state index contributed by atoms with van der Waals surface area (Å²) in [5, 5.41) is 2.81. The number of carbonyl (C=O) groups excluding carboxylic acids is 2. The minimum absolute atomic E-state index is 0.0413. The van der Waals surface area contributed by atoms with Gasteiger partial charge in [-0.15, -0.1) is 0 Å². The number of benzene rings is 1. The largest absolute Gasteiger partial charge is 0.484 e. The number of nitrogens with one attached hydrogen (secondary N) is 1. The van der Waals surface area contributed by atoms with Gasteiger partial charge in [0.1, 0.15) is 11.8 Å². The van der Waals surface area contributed by atoms with Gasteiger partial charge in [0.25, 0.3) is 5.91 Å². The van der Waals surface area contributed by atoms with Crippen LogP contribution in [0.3, 0.4) is 0 Å². The standard InChI is InChI=1S/C17H24N2O4S/c1-24-12-7-15(17(21)19-8-10-22-11-9-19)18-16(20)13-23-14-5-3-2-4-6-14/h2-6,15H,7-13H2,1H3,(H,18,20)/t15-/m1/s1. The summed E-state index contributed by atoms with van der Waals surface area (Å²) >= 11 is 1.65. The Morgan fingerprint density at radius 1 is 1.29 bits per heavy atom. The summed E-state index contributed by atoms with van der Waals surface area (Å²) in [6.45, 7) is 2.14. The number of hydrogen-bond donors (Lipinski definition) is 1. The molecule has 0 spiro atoms. The van der Waals surface area contributed by atoms with Crippen molar-refractivity contribution < 1.29 is 19.1 Å². The van der Waals surface area contributed by atoms with Gasteiger partial charge in [-0.3, -0.25) is 9.59 Å². The number of ether oxygens (including phenoxy) is 2. The molecule has 2 amide bonds.